The highest BCUT2D eigenvalue weighted by Crippen LogP contribution is 2.31. The zero-order valence-corrected chi connectivity index (χ0v) is 16.3. The minimum Gasteiger partial charge on any atom is -0.325 e. The second kappa shape index (κ2) is 8.17. The van der Waals surface area contributed by atoms with E-state index in [-0.39, 0.29) is 0 Å². The maximum absolute atomic E-state index is 4.65. The van der Waals surface area contributed by atoms with Gasteiger partial charge in [0, 0.05) is 41.8 Å². The van der Waals surface area contributed by atoms with Crippen LogP contribution in [0.2, 0.25) is 0 Å². The fourth-order valence-corrected chi connectivity index (χ4v) is 3.54. The molecule has 4 heteroatoms. The highest BCUT2D eigenvalue weighted by Gasteiger charge is 2.16. The molecular weight excluding hydrogens is 344 g/mol. The summed E-state index contributed by atoms with van der Waals surface area (Å²) in [5.41, 5.74) is 4.59. The Kier molecular flexibility index (Phi) is 5.29. The number of pyridine rings is 1. The van der Waals surface area contributed by atoms with Crippen LogP contribution in [0.5, 0.6) is 0 Å². The molecule has 4 aromatic rings. The van der Waals surface area contributed by atoms with E-state index in [2.05, 4.69) is 88.5 Å². The number of hydrogen-bond acceptors (Lipinski definition) is 4. The SMILES string of the molecule is CCc1ccc(N(CC)c2nnc(Cc3cccnc3)c3ccccc23)cc1. The largest absolute Gasteiger partial charge is 0.325 e. The van der Waals surface area contributed by atoms with E-state index < -0.39 is 0 Å². The predicted molar refractivity (Wildman–Crippen MR) is 115 cm³/mol. The van der Waals surface area contributed by atoms with Crippen LogP contribution in [-0.2, 0) is 12.8 Å². The van der Waals surface area contributed by atoms with Crippen molar-refractivity contribution in [3.05, 3.63) is 89.9 Å². The van der Waals surface area contributed by atoms with Gasteiger partial charge in [0.15, 0.2) is 5.82 Å². The molecule has 0 atom stereocenters. The highest BCUT2D eigenvalue weighted by molar-refractivity contribution is 5.95. The molecule has 0 aliphatic carbocycles. The monoisotopic (exact) mass is 368 g/mol. The van der Waals surface area contributed by atoms with Gasteiger partial charge in [0.1, 0.15) is 0 Å². The fourth-order valence-electron chi connectivity index (χ4n) is 3.54. The van der Waals surface area contributed by atoms with Gasteiger partial charge in [-0.15, -0.1) is 5.10 Å². The zero-order chi connectivity index (χ0) is 19.3. The molecule has 0 aliphatic rings. The van der Waals surface area contributed by atoms with Gasteiger partial charge < -0.3 is 4.90 Å². The Balaban J connectivity index is 1.77. The summed E-state index contributed by atoms with van der Waals surface area (Å²) in [7, 11) is 0. The Morgan fingerprint density at radius 1 is 0.786 bits per heavy atom. The van der Waals surface area contributed by atoms with Crippen molar-refractivity contribution < 1.29 is 0 Å². The summed E-state index contributed by atoms with van der Waals surface area (Å²) in [6.07, 6.45) is 5.44. The minimum absolute atomic E-state index is 0.721. The molecule has 0 unspecified atom stereocenters. The summed E-state index contributed by atoms with van der Waals surface area (Å²) < 4.78 is 0. The number of hydrogen-bond donors (Lipinski definition) is 0. The van der Waals surface area contributed by atoms with Gasteiger partial charge in [-0.05, 0) is 42.7 Å². The van der Waals surface area contributed by atoms with E-state index in [0.29, 0.717) is 0 Å². The van der Waals surface area contributed by atoms with Gasteiger partial charge in [0.2, 0.25) is 0 Å². The summed E-state index contributed by atoms with van der Waals surface area (Å²) >= 11 is 0. The normalized spacial score (nSPS) is 10.9. The van der Waals surface area contributed by atoms with Crippen molar-refractivity contribution in [2.75, 3.05) is 11.4 Å². The maximum Gasteiger partial charge on any atom is 0.163 e. The van der Waals surface area contributed by atoms with Gasteiger partial charge in [-0.1, -0.05) is 49.4 Å². The van der Waals surface area contributed by atoms with Gasteiger partial charge in [-0.2, -0.15) is 5.10 Å². The average molecular weight is 368 g/mol. The second-order valence-corrected chi connectivity index (χ2v) is 6.82. The quantitative estimate of drug-likeness (QED) is 0.461. The third kappa shape index (κ3) is 3.58. The van der Waals surface area contributed by atoms with Crippen molar-refractivity contribution in [2.24, 2.45) is 0 Å². The van der Waals surface area contributed by atoms with E-state index >= 15 is 0 Å². The molecule has 4 nitrogen and oxygen atoms in total. The number of aryl methyl sites for hydroxylation is 1. The van der Waals surface area contributed by atoms with Crippen LogP contribution in [0.1, 0.15) is 30.7 Å². The lowest BCUT2D eigenvalue weighted by Crippen LogP contribution is -2.19. The van der Waals surface area contributed by atoms with Crippen molar-refractivity contribution >= 4 is 22.3 Å². The topological polar surface area (TPSA) is 41.9 Å². The Morgan fingerprint density at radius 3 is 2.25 bits per heavy atom. The van der Waals surface area contributed by atoms with E-state index in [9.17, 15) is 0 Å². The molecule has 0 radical (unpaired) electrons. The predicted octanol–water partition coefficient (Wildman–Crippen LogP) is 5.34. The average Bonchev–Trinajstić information content (AvgIpc) is 2.77. The molecule has 0 fully saturated rings. The van der Waals surface area contributed by atoms with Crippen molar-refractivity contribution in [1.82, 2.24) is 15.2 Å². The van der Waals surface area contributed by atoms with E-state index in [1.807, 2.05) is 12.3 Å². The molecule has 2 aromatic heterocycles. The lowest BCUT2D eigenvalue weighted by molar-refractivity contribution is 0.908. The molecule has 0 aliphatic heterocycles. The van der Waals surface area contributed by atoms with E-state index in [4.69, 9.17) is 0 Å². The third-order valence-electron chi connectivity index (χ3n) is 5.07. The minimum atomic E-state index is 0.721. The second-order valence-electron chi connectivity index (χ2n) is 6.82. The molecule has 140 valence electrons. The molecule has 0 spiro atoms. The summed E-state index contributed by atoms with van der Waals surface area (Å²) in [6.45, 7) is 5.15. The summed E-state index contributed by atoms with van der Waals surface area (Å²) in [4.78, 5) is 6.44. The van der Waals surface area contributed by atoms with Crippen LogP contribution in [0, 0.1) is 0 Å². The van der Waals surface area contributed by atoms with Gasteiger partial charge in [0.05, 0.1) is 5.69 Å². The molecule has 0 bridgehead atoms. The van der Waals surface area contributed by atoms with Crippen LogP contribution in [0.15, 0.2) is 73.1 Å². The molecule has 2 heterocycles. The number of nitrogens with zero attached hydrogens (tertiary/aromatic N) is 4. The number of anilines is 2. The van der Waals surface area contributed by atoms with E-state index in [0.717, 1.165) is 52.9 Å². The van der Waals surface area contributed by atoms with Gasteiger partial charge >= 0.3 is 0 Å². The van der Waals surface area contributed by atoms with Gasteiger partial charge in [0.25, 0.3) is 0 Å². The smallest absolute Gasteiger partial charge is 0.163 e. The van der Waals surface area contributed by atoms with E-state index in [1.165, 1.54) is 5.56 Å². The maximum atomic E-state index is 4.65. The first-order valence-electron chi connectivity index (χ1n) is 9.79. The first-order valence-corrected chi connectivity index (χ1v) is 9.79. The number of rotatable bonds is 6. The number of benzene rings is 2. The standard InChI is InChI=1S/C24H24N4/c1-3-18-11-13-20(14-12-18)28(4-2)24-22-10-6-5-9-21(22)23(26-27-24)16-19-8-7-15-25-17-19/h5-15,17H,3-4,16H2,1-2H3. The van der Waals surface area contributed by atoms with Crippen molar-refractivity contribution in [3.8, 4) is 0 Å². The molecule has 2 aromatic carbocycles. The first-order chi connectivity index (χ1) is 13.8. The molecule has 0 N–H and O–H groups in total. The first kappa shape index (κ1) is 18.1. The zero-order valence-electron chi connectivity index (χ0n) is 16.3. The number of fused-ring (bicyclic) bond motifs is 1. The van der Waals surface area contributed by atoms with Crippen LogP contribution in [0.25, 0.3) is 10.8 Å². The molecule has 0 amide bonds. The van der Waals surface area contributed by atoms with Gasteiger partial charge in [-0.3, -0.25) is 4.98 Å². The molecule has 0 saturated heterocycles. The van der Waals surface area contributed by atoms with Crippen molar-refractivity contribution in [2.45, 2.75) is 26.7 Å². The lowest BCUT2D eigenvalue weighted by atomic mass is 10.0. The molecule has 28 heavy (non-hydrogen) atoms. The summed E-state index contributed by atoms with van der Waals surface area (Å²) in [5, 5.41) is 11.5. The van der Waals surface area contributed by atoms with Crippen molar-refractivity contribution in [3.63, 3.8) is 0 Å². The van der Waals surface area contributed by atoms with Crippen LogP contribution >= 0.6 is 0 Å². The summed E-state index contributed by atoms with van der Waals surface area (Å²) in [5.74, 6) is 0.900. The fraction of sp³-hybridized carbons (Fsp3) is 0.208. The van der Waals surface area contributed by atoms with Crippen LogP contribution < -0.4 is 4.90 Å². The number of aromatic nitrogens is 3. The van der Waals surface area contributed by atoms with E-state index in [1.54, 1.807) is 6.20 Å². The Bertz CT molecular complexity index is 1060. The lowest BCUT2D eigenvalue weighted by Gasteiger charge is -2.24. The molecule has 4 rings (SSSR count). The molecule has 0 saturated carbocycles. The third-order valence-corrected chi connectivity index (χ3v) is 5.07. The Hall–Kier alpha value is -3.27. The summed E-state index contributed by atoms with van der Waals surface area (Å²) in [6, 6.07) is 21.1. The highest BCUT2D eigenvalue weighted by atomic mass is 15.3. The van der Waals surface area contributed by atoms with Crippen LogP contribution in [-0.4, -0.2) is 21.7 Å². The Morgan fingerprint density at radius 2 is 1.57 bits per heavy atom. The van der Waals surface area contributed by atoms with Crippen molar-refractivity contribution in [1.29, 1.82) is 0 Å². The van der Waals surface area contributed by atoms with Crippen LogP contribution in [0.3, 0.4) is 0 Å². The Labute approximate surface area is 165 Å². The van der Waals surface area contributed by atoms with Gasteiger partial charge in [-0.25, -0.2) is 0 Å². The van der Waals surface area contributed by atoms with Crippen LogP contribution in [0.4, 0.5) is 11.5 Å². The molecular formula is C24H24N4.